The monoisotopic (exact) mass is 353 g/mol. The second-order valence-corrected chi connectivity index (χ2v) is 8.24. The summed E-state index contributed by atoms with van der Waals surface area (Å²) in [7, 11) is 0. The molecule has 26 heavy (non-hydrogen) atoms. The van der Waals surface area contributed by atoms with Gasteiger partial charge in [0.25, 0.3) is 0 Å². The van der Waals surface area contributed by atoms with Crippen molar-refractivity contribution in [3.8, 4) is 5.75 Å². The summed E-state index contributed by atoms with van der Waals surface area (Å²) in [4.78, 5) is 4.80. The molecule has 3 heterocycles. The number of ether oxygens (including phenoxy) is 2. The number of para-hydroxylation sites is 1. The molecular formula is C22H27NO3. The van der Waals surface area contributed by atoms with Gasteiger partial charge in [-0.2, -0.15) is 0 Å². The average Bonchev–Trinajstić information content (AvgIpc) is 3.35. The first kappa shape index (κ1) is 16.4. The van der Waals surface area contributed by atoms with Crippen molar-refractivity contribution >= 4 is 0 Å². The van der Waals surface area contributed by atoms with E-state index in [1.54, 1.807) is 6.26 Å². The fraction of sp³-hybridized carbons (Fsp3) is 0.591. The van der Waals surface area contributed by atoms with E-state index in [0.717, 1.165) is 49.6 Å². The minimum Gasteiger partial charge on any atom is -0.487 e. The van der Waals surface area contributed by atoms with Crippen LogP contribution in [-0.2, 0) is 16.8 Å². The van der Waals surface area contributed by atoms with Crippen LogP contribution in [0.4, 0.5) is 0 Å². The van der Waals surface area contributed by atoms with Crippen molar-refractivity contribution in [1.82, 2.24) is 4.98 Å². The van der Waals surface area contributed by atoms with Crippen molar-refractivity contribution in [3.05, 3.63) is 47.7 Å². The Morgan fingerprint density at radius 1 is 1.00 bits per heavy atom. The number of aromatic nitrogens is 1. The maximum Gasteiger partial charge on any atom is 0.202 e. The largest absolute Gasteiger partial charge is 0.487 e. The van der Waals surface area contributed by atoms with Crippen molar-refractivity contribution < 1.29 is 13.9 Å². The lowest BCUT2D eigenvalue weighted by Gasteiger charge is -2.33. The Labute approximate surface area is 154 Å². The molecule has 6 rings (SSSR count). The third kappa shape index (κ3) is 2.94. The summed E-state index contributed by atoms with van der Waals surface area (Å²) in [5.74, 6) is 2.42. The minimum absolute atomic E-state index is 0.0306. The van der Waals surface area contributed by atoms with Gasteiger partial charge in [0, 0.05) is 0 Å². The SMILES string of the molecule is c1ccc2c(c1)OCc1coc(n1)C1(CCCC1)COC1CCC2CC1. The molecule has 0 unspecified atom stereocenters. The first-order valence-electron chi connectivity index (χ1n) is 10.1. The van der Waals surface area contributed by atoms with Crippen LogP contribution in [0, 0.1) is 0 Å². The van der Waals surface area contributed by atoms with Crippen molar-refractivity contribution in [2.45, 2.75) is 75.4 Å². The lowest BCUT2D eigenvalue weighted by molar-refractivity contribution is -0.00985. The van der Waals surface area contributed by atoms with Gasteiger partial charge >= 0.3 is 0 Å². The van der Waals surface area contributed by atoms with Gasteiger partial charge in [-0.25, -0.2) is 4.98 Å². The van der Waals surface area contributed by atoms with Crippen LogP contribution >= 0.6 is 0 Å². The molecule has 2 aliphatic carbocycles. The zero-order valence-electron chi connectivity index (χ0n) is 15.3. The van der Waals surface area contributed by atoms with E-state index in [0.29, 0.717) is 18.6 Å². The third-order valence-corrected chi connectivity index (χ3v) is 6.57. The Kier molecular flexibility index (Phi) is 4.24. The average molecular weight is 353 g/mol. The van der Waals surface area contributed by atoms with Gasteiger partial charge in [-0.3, -0.25) is 0 Å². The predicted molar refractivity (Wildman–Crippen MR) is 98.4 cm³/mol. The maximum atomic E-state index is 6.44. The second-order valence-electron chi connectivity index (χ2n) is 8.24. The number of rotatable bonds is 0. The Hall–Kier alpha value is -1.81. The summed E-state index contributed by atoms with van der Waals surface area (Å²) < 4.78 is 18.5. The fourth-order valence-electron chi connectivity index (χ4n) is 5.01. The molecular weight excluding hydrogens is 326 g/mol. The van der Waals surface area contributed by atoms with E-state index in [2.05, 4.69) is 24.3 Å². The molecule has 0 atom stereocenters. The highest BCUT2D eigenvalue weighted by molar-refractivity contribution is 5.36. The number of benzene rings is 1. The van der Waals surface area contributed by atoms with Crippen LogP contribution in [0.25, 0.3) is 0 Å². The van der Waals surface area contributed by atoms with Crippen LogP contribution < -0.4 is 4.74 Å². The fourth-order valence-corrected chi connectivity index (χ4v) is 5.01. The Morgan fingerprint density at radius 3 is 2.65 bits per heavy atom. The first-order chi connectivity index (χ1) is 12.8. The van der Waals surface area contributed by atoms with Crippen LogP contribution in [0.2, 0.25) is 0 Å². The minimum atomic E-state index is -0.0306. The van der Waals surface area contributed by atoms with Crippen molar-refractivity contribution in [2.75, 3.05) is 6.61 Å². The van der Waals surface area contributed by atoms with Gasteiger partial charge < -0.3 is 13.9 Å². The molecule has 4 bridgehead atoms. The van der Waals surface area contributed by atoms with E-state index in [4.69, 9.17) is 18.9 Å². The molecule has 0 N–H and O–H groups in total. The molecule has 1 aromatic heterocycles. The molecule has 0 saturated heterocycles. The molecule has 0 amide bonds. The van der Waals surface area contributed by atoms with Crippen LogP contribution in [-0.4, -0.2) is 17.7 Å². The number of hydrogen-bond donors (Lipinski definition) is 0. The third-order valence-electron chi connectivity index (χ3n) is 6.57. The molecule has 138 valence electrons. The van der Waals surface area contributed by atoms with Gasteiger partial charge in [0.15, 0.2) is 0 Å². The van der Waals surface area contributed by atoms with Crippen molar-refractivity contribution in [2.24, 2.45) is 0 Å². The predicted octanol–water partition coefficient (Wildman–Crippen LogP) is 5.12. The van der Waals surface area contributed by atoms with Crippen LogP contribution in [0.1, 0.15) is 74.4 Å². The van der Waals surface area contributed by atoms with E-state index < -0.39 is 0 Å². The molecule has 2 aromatic rings. The van der Waals surface area contributed by atoms with Gasteiger partial charge in [-0.15, -0.1) is 0 Å². The van der Waals surface area contributed by atoms with Gasteiger partial charge in [0.1, 0.15) is 24.3 Å². The lowest BCUT2D eigenvalue weighted by Crippen LogP contribution is -2.33. The lowest BCUT2D eigenvalue weighted by atomic mass is 9.82. The standard InChI is InChI=1S/C22H27NO3/c1-2-6-20-19(5-1)16-7-9-18(10-8-16)26-15-22(11-3-4-12-22)21-23-17(13-24-20)14-25-21/h1-2,5-6,14,16,18H,3-4,7-13,15H2. The molecule has 4 nitrogen and oxygen atoms in total. The molecule has 1 spiro atoms. The molecule has 4 aliphatic rings. The smallest absolute Gasteiger partial charge is 0.202 e. The van der Waals surface area contributed by atoms with E-state index in [-0.39, 0.29) is 5.41 Å². The molecule has 2 fully saturated rings. The normalized spacial score (nSPS) is 27.7. The summed E-state index contributed by atoms with van der Waals surface area (Å²) in [6.07, 6.45) is 11.5. The highest BCUT2D eigenvalue weighted by Gasteiger charge is 2.41. The summed E-state index contributed by atoms with van der Waals surface area (Å²) in [5, 5.41) is 0. The van der Waals surface area contributed by atoms with E-state index in [9.17, 15) is 0 Å². The van der Waals surface area contributed by atoms with Gasteiger partial charge in [0.05, 0.1) is 18.1 Å². The number of fused-ring (bicyclic) bond motifs is 4. The quantitative estimate of drug-likeness (QED) is 0.659. The highest BCUT2D eigenvalue weighted by Crippen LogP contribution is 2.43. The summed E-state index contributed by atoms with van der Waals surface area (Å²) in [6.45, 7) is 1.21. The zero-order chi connectivity index (χ0) is 17.4. The molecule has 4 heteroatoms. The van der Waals surface area contributed by atoms with Gasteiger partial charge in [0.2, 0.25) is 5.89 Å². The molecule has 2 saturated carbocycles. The van der Waals surface area contributed by atoms with E-state index in [1.807, 2.05) is 0 Å². The Balaban J connectivity index is 1.49. The number of nitrogens with zero attached hydrogens (tertiary/aromatic N) is 1. The number of oxazole rings is 1. The summed E-state index contributed by atoms with van der Waals surface area (Å²) in [5.41, 5.74) is 2.18. The number of hydrogen-bond acceptors (Lipinski definition) is 4. The van der Waals surface area contributed by atoms with Crippen LogP contribution in [0.3, 0.4) is 0 Å². The van der Waals surface area contributed by atoms with Gasteiger partial charge in [-0.1, -0.05) is 31.0 Å². The maximum absolute atomic E-state index is 6.44. The Bertz CT molecular complexity index is 754. The topological polar surface area (TPSA) is 44.5 Å². The van der Waals surface area contributed by atoms with Crippen molar-refractivity contribution in [1.29, 1.82) is 0 Å². The first-order valence-corrected chi connectivity index (χ1v) is 10.1. The molecule has 2 aliphatic heterocycles. The summed E-state index contributed by atoms with van der Waals surface area (Å²) in [6, 6.07) is 8.47. The highest BCUT2D eigenvalue weighted by atomic mass is 16.5. The van der Waals surface area contributed by atoms with Crippen LogP contribution in [0.5, 0.6) is 5.75 Å². The van der Waals surface area contributed by atoms with Crippen LogP contribution in [0.15, 0.2) is 34.9 Å². The van der Waals surface area contributed by atoms with E-state index in [1.165, 1.54) is 31.2 Å². The summed E-state index contributed by atoms with van der Waals surface area (Å²) >= 11 is 0. The Morgan fingerprint density at radius 2 is 1.81 bits per heavy atom. The van der Waals surface area contributed by atoms with Crippen molar-refractivity contribution in [3.63, 3.8) is 0 Å². The second kappa shape index (κ2) is 6.73. The molecule has 0 radical (unpaired) electrons. The van der Waals surface area contributed by atoms with Gasteiger partial charge in [-0.05, 0) is 56.1 Å². The molecule has 1 aromatic carbocycles. The zero-order valence-corrected chi connectivity index (χ0v) is 15.3. The van der Waals surface area contributed by atoms with E-state index >= 15 is 0 Å².